The lowest BCUT2D eigenvalue weighted by Crippen LogP contribution is -2.63. The molecular formula is C40H47IO13. The highest BCUT2D eigenvalue weighted by molar-refractivity contribution is 14.1. The number of benzene rings is 3. The Hall–Kier alpha value is -3.48. The van der Waals surface area contributed by atoms with Crippen LogP contribution < -0.4 is 0 Å². The Morgan fingerprint density at radius 1 is 0.537 bits per heavy atom. The highest BCUT2D eigenvalue weighted by atomic mass is 127. The van der Waals surface area contributed by atoms with E-state index in [4.69, 9.17) is 47.4 Å². The van der Waals surface area contributed by atoms with E-state index in [1.54, 1.807) is 0 Å². The molecule has 2 heterocycles. The smallest absolute Gasteiger partial charge is 0.303 e. The van der Waals surface area contributed by atoms with E-state index >= 15 is 0 Å². The summed E-state index contributed by atoms with van der Waals surface area (Å²) < 4.78 is 60.8. The van der Waals surface area contributed by atoms with E-state index < -0.39 is 77.1 Å². The van der Waals surface area contributed by atoms with Gasteiger partial charge >= 0.3 is 17.9 Å². The molecule has 0 amide bonds. The van der Waals surface area contributed by atoms with Crippen molar-refractivity contribution >= 4 is 40.5 Å². The number of alkyl halides is 1. The highest BCUT2D eigenvalue weighted by Crippen LogP contribution is 2.35. The number of rotatable bonds is 17. The number of carbonyl (C=O) groups is 3. The third-order valence-electron chi connectivity index (χ3n) is 8.73. The minimum atomic E-state index is -1.07. The number of hydrogen-bond acceptors (Lipinski definition) is 13. The van der Waals surface area contributed by atoms with Crippen molar-refractivity contribution in [1.29, 1.82) is 0 Å². The molecule has 54 heavy (non-hydrogen) atoms. The van der Waals surface area contributed by atoms with Crippen LogP contribution in [0.25, 0.3) is 0 Å². The van der Waals surface area contributed by atoms with E-state index in [0.717, 1.165) is 16.7 Å². The summed E-state index contributed by atoms with van der Waals surface area (Å²) in [6, 6.07) is 29.3. The fourth-order valence-corrected chi connectivity index (χ4v) is 7.19. The third-order valence-corrected chi connectivity index (χ3v) is 10.0. The normalized spacial score (nSPS) is 28.2. The van der Waals surface area contributed by atoms with E-state index in [9.17, 15) is 14.4 Å². The summed E-state index contributed by atoms with van der Waals surface area (Å²) in [6.07, 6.45) is -7.94. The molecule has 0 bridgehead atoms. The van der Waals surface area contributed by atoms with Gasteiger partial charge in [-0.3, -0.25) is 14.4 Å². The minimum absolute atomic E-state index is 0.0919. The van der Waals surface area contributed by atoms with Crippen LogP contribution in [0.3, 0.4) is 0 Å². The Morgan fingerprint density at radius 2 is 0.981 bits per heavy atom. The van der Waals surface area contributed by atoms with Gasteiger partial charge in [-0.05, 0) is 16.7 Å². The molecule has 0 saturated carbocycles. The molecule has 0 radical (unpaired) electrons. The molecule has 0 N–H and O–H groups in total. The summed E-state index contributed by atoms with van der Waals surface area (Å²) in [5.41, 5.74) is 2.85. The number of esters is 3. The van der Waals surface area contributed by atoms with Gasteiger partial charge in [0.15, 0.2) is 24.8 Å². The maximum Gasteiger partial charge on any atom is 0.303 e. The van der Waals surface area contributed by atoms with Crippen molar-refractivity contribution in [3.05, 3.63) is 108 Å². The first kappa shape index (κ1) is 41.7. The van der Waals surface area contributed by atoms with Gasteiger partial charge in [-0.2, -0.15) is 0 Å². The first-order valence-corrected chi connectivity index (χ1v) is 18.9. The molecule has 2 fully saturated rings. The summed E-state index contributed by atoms with van der Waals surface area (Å²) in [6.45, 7) is 4.12. The molecule has 5 rings (SSSR count). The summed E-state index contributed by atoms with van der Waals surface area (Å²) in [7, 11) is 1.53. The van der Waals surface area contributed by atoms with Crippen LogP contribution in [-0.2, 0) is 81.6 Å². The van der Waals surface area contributed by atoms with E-state index in [1.165, 1.54) is 27.9 Å². The van der Waals surface area contributed by atoms with E-state index in [1.807, 2.05) is 114 Å². The molecule has 2 aliphatic heterocycles. The maximum absolute atomic E-state index is 12.2. The summed E-state index contributed by atoms with van der Waals surface area (Å²) in [5.74, 6) is -1.79. The molecule has 14 heteroatoms. The van der Waals surface area contributed by atoms with Crippen LogP contribution in [0.2, 0.25) is 0 Å². The van der Waals surface area contributed by atoms with Crippen LogP contribution >= 0.6 is 22.6 Å². The zero-order chi connectivity index (χ0) is 38.5. The van der Waals surface area contributed by atoms with Crippen molar-refractivity contribution < 1.29 is 61.8 Å². The third kappa shape index (κ3) is 12.0. The molecule has 10 atom stereocenters. The molecule has 13 nitrogen and oxygen atoms in total. The fraction of sp³-hybridized carbons (Fsp3) is 0.475. The predicted molar refractivity (Wildman–Crippen MR) is 201 cm³/mol. The lowest BCUT2D eigenvalue weighted by Gasteiger charge is -2.46. The largest absolute Gasteiger partial charge is 0.463 e. The van der Waals surface area contributed by atoms with Gasteiger partial charge in [0.25, 0.3) is 0 Å². The standard InChI is InChI=1S/C40H47IO13/c1-25(42)46-23-32-35(51-26(2)43)36(52-27(3)44)33(41)39(53-32)50-24-31-34(47-20-28-14-8-5-9-15-28)37(48-21-29-16-10-6-11-17-29)38(40(45-4)54-31)49-22-30-18-12-7-13-19-30/h5-19,31-40H,20-24H2,1-4H3/t31-,32-,33+,34-,35-,36-,37+,38-,39+,40+/m1/s1. The van der Waals surface area contributed by atoms with Crippen LogP contribution in [-0.4, -0.2) is 97.5 Å². The quantitative estimate of drug-likeness (QED) is 0.0771. The van der Waals surface area contributed by atoms with Crippen molar-refractivity contribution in [3.8, 4) is 0 Å². The number of ether oxygens (including phenoxy) is 10. The molecule has 0 aromatic heterocycles. The number of hydrogen-bond donors (Lipinski definition) is 0. The number of halogens is 1. The van der Waals surface area contributed by atoms with Gasteiger partial charge in [-0.1, -0.05) is 114 Å². The van der Waals surface area contributed by atoms with E-state index in [0.29, 0.717) is 0 Å². The topological polar surface area (TPSA) is 144 Å². The van der Waals surface area contributed by atoms with Crippen molar-refractivity contribution in [2.24, 2.45) is 0 Å². The second-order valence-electron chi connectivity index (χ2n) is 12.8. The molecule has 0 unspecified atom stereocenters. The lowest BCUT2D eigenvalue weighted by molar-refractivity contribution is -0.332. The Labute approximate surface area is 328 Å². The second kappa shape index (κ2) is 21.0. The number of carbonyl (C=O) groups excluding carboxylic acids is 3. The second-order valence-corrected chi connectivity index (χ2v) is 14.3. The van der Waals surface area contributed by atoms with Crippen molar-refractivity contribution in [3.63, 3.8) is 0 Å². The molecule has 0 spiro atoms. The maximum atomic E-state index is 12.2. The van der Waals surface area contributed by atoms with Crippen molar-refractivity contribution in [2.45, 2.75) is 99.8 Å². The SMILES string of the molecule is CO[C@H]1O[C@H](CO[C@H]2O[C@H](COC(C)=O)[C@@H](OC(C)=O)[C@H](OC(C)=O)[C@@H]2I)[C@@H](OCc2ccccc2)[C@H](OCc2ccccc2)[C@H]1OCc1ccccc1. The Bertz CT molecular complexity index is 1600. The predicted octanol–water partition coefficient (Wildman–Crippen LogP) is 5.09. The zero-order valence-corrected chi connectivity index (χ0v) is 32.8. The molecule has 2 aliphatic rings. The van der Waals surface area contributed by atoms with Gasteiger partial charge in [-0.15, -0.1) is 0 Å². The summed E-state index contributed by atoms with van der Waals surface area (Å²) in [4.78, 5) is 36.1. The molecule has 3 aromatic rings. The van der Waals surface area contributed by atoms with Gasteiger partial charge in [0.1, 0.15) is 41.1 Å². The number of methoxy groups -OCH3 is 1. The van der Waals surface area contributed by atoms with Gasteiger partial charge in [0.05, 0.1) is 26.4 Å². The average molecular weight is 863 g/mol. The first-order chi connectivity index (χ1) is 26.1. The molecular weight excluding hydrogens is 815 g/mol. The molecule has 292 valence electrons. The van der Waals surface area contributed by atoms with Crippen LogP contribution in [0.15, 0.2) is 91.0 Å². The highest BCUT2D eigenvalue weighted by Gasteiger charge is 2.52. The van der Waals surface area contributed by atoms with Crippen molar-refractivity contribution in [1.82, 2.24) is 0 Å². The van der Waals surface area contributed by atoms with Gasteiger partial charge in [0, 0.05) is 27.9 Å². The van der Waals surface area contributed by atoms with Crippen LogP contribution in [0.4, 0.5) is 0 Å². The van der Waals surface area contributed by atoms with Crippen LogP contribution in [0, 0.1) is 0 Å². The molecule has 2 saturated heterocycles. The van der Waals surface area contributed by atoms with Crippen LogP contribution in [0.5, 0.6) is 0 Å². The van der Waals surface area contributed by atoms with Gasteiger partial charge in [-0.25, -0.2) is 0 Å². The Morgan fingerprint density at radius 3 is 1.46 bits per heavy atom. The van der Waals surface area contributed by atoms with Crippen molar-refractivity contribution in [2.75, 3.05) is 20.3 Å². The van der Waals surface area contributed by atoms with Gasteiger partial charge < -0.3 is 47.4 Å². The molecule has 0 aliphatic carbocycles. The summed E-state index contributed by atoms with van der Waals surface area (Å²) >= 11 is 2.04. The summed E-state index contributed by atoms with van der Waals surface area (Å²) in [5, 5.41) is 0. The molecule has 3 aromatic carbocycles. The first-order valence-electron chi connectivity index (χ1n) is 17.7. The minimum Gasteiger partial charge on any atom is -0.463 e. The average Bonchev–Trinajstić information content (AvgIpc) is 3.17. The van der Waals surface area contributed by atoms with E-state index in [-0.39, 0.29) is 33.0 Å². The lowest BCUT2D eigenvalue weighted by atomic mass is 9.97. The zero-order valence-electron chi connectivity index (χ0n) is 30.7. The Balaban J connectivity index is 1.43. The van der Waals surface area contributed by atoms with Gasteiger partial charge in [0.2, 0.25) is 0 Å². The van der Waals surface area contributed by atoms with E-state index in [2.05, 4.69) is 0 Å². The van der Waals surface area contributed by atoms with Crippen LogP contribution in [0.1, 0.15) is 37.5 Å². The Kier molecular flexibility index (Phi) is 16.2. The fourth-order valence-electron chi connectivity index (χ4n) is 6.25. The monoisotopic (exact) mass is 862 g/mol.